The van der Waals surface area contributed by atoms with Gasteiger partial charge in [0.1, 0.15) is 11.1 Å². The summed E-state index contributed by atoms with van der Waals surface area (Å²) >= 11 is 0. The van der Waals surface area contributed by atoms with Crippen molar-refractivity contribution in [3.8, 4) is 0 Å². The first-order chi connectivity index (χ1) is 47.2. The van der Waals surface area contributed by atoms with E-state index in [1.165, 1.54) is 327 Å². The first kappa shape index (κ1) is 79.8. The number of rotatable bonds is 31. The summed E-state index contributed by atoms with van der Waals surface area (Å²) in [5.41, 5.74) is 2.10. The van der Waals surface area contributed by atoms with Gasteiger partial charge in [-0.25, -0.2) is 0 Å². The molecule has 0 N–H and O–H groups in total. The van der Waals surface area contributed by atoms with Gasteiger partial charge in [-0.3, -0.25) is 4.90 Å². The lowest BCUT2D eigenvalue weighted by molar-refractivity contribution is -1.08. The van der Waals surface area contributed by atoms with E-state index in [0.29, 0.717) is 11.1 Å². The van der Waals surface area contributed by atoms with Gasteiger partial charge >= 0.3 is 0 Å². The molecule has 0 radical (unpaired) electrons. The molecule has 3 heteroatoms. The molecule has 1 unspecified atom stereocenters. The van der Waals surface area contributed by atoms with Gasteiger partial charge in [0.2, 0.25) is 0 Å². The zero-order valence-electron chi connectivity index (χ0n) is 64.6. The van der Waals surface area contributed by atoms with Crippen LogP contribution in [-0.2, 0) is 11.3 Å². The van der Waals surface area contributed by atoms with Crippen molar-refractivity contribution >= 4 is 0 Å². The van der Waals surface area contributed by atoms with Crippen molar-refractivity contribution in [2.24, 2.45) is 35.5 Å². The molecule has 0 heterocycles. The lowest BCUT2D eigenvalue weighted by atomic mass is 9.49. The van der Waals surface area contributed by atoms with Crippen LogP contribution in [0.25, 0.3) is 0 Å². The third-order valence-electron chi connectivity index (χ3n) is 28.6. The fraction of sp³-hybridized carbons (Fsp3) is 0.935. The van der Waals surface area contributed by atoms with Gasteiger partial charge in [0, 0.05) is 62.3 Å². The minimum absolute atomic E-state index is 0.294. The summed E-state index contributed by atoms with van der Waals surface area (Å²) in [4.78, 5) is 2.77. The second kappa shape index (κ2) is 48.9. The van der Waals surface area contributed by atoms with E-state index in [-0.39, 0.29) is 0 Å². The van der Waals surface area contributed by atoms with Crippen LogP contribution in [0.3, 0.4) is 0 Å². The monoisotopic (exact) mass is 1320 g/mol. The van der Waals surface area contributed by atoms with Gasteiger partial charge in [-0.15, -0.1) is 0 Å². The Morgan fingerprint density at radius 2 is 0.674 bits per heavy atom. The van der Waals surface area contributed by atoms with Gasteiger partial charge in [-0.2, -0.15) is 0 Å². The van der Waals surface area contributed by atoms with Crippen molar-refractivity contribution in [2.45, 2.75) is 487 Å². The molecule has 0 bridgehead atoms. The number of unbranched alkanes of at least 4 members (excludes halogenated alkanes) is 6. The van der Waals surface area contributed by atoms with Crippen molar-refractivity contribution in [1.82, 2.24) is 4.90 Å². The van der Waals surface area contributed by atoms with E-state index in [9.17, 15) is 0 Å². The Balaban J connectivity index is 1.47. The van der Waals surface area contributed by atoms with Gasteiger partial charge in [0.25, 0.3) is 0 Å². The van der Waals surface area contributed by atoms with Crippen molar-refractivity contribution in [3.63, 3.8) is 0 Å². The van der Waals surface area contributed by atoms with Gasteiger partial charge < -0.3 is 9.22 Å². The maximum Gasteiger partial charge on any atom is 0.109 e. The van der Waals surface area contributed by atoms with E-state index in [1.54, 1.807) is 133 Å². The molecule has 1 aromatic rings. The summed E-state index contributed by atoms with van der Waals surface area (Å²) in [6.07, 6.45) is 104. The van der Waals surface area contributed by atoms with E-state index >= 15 is 0 Å². The van der Waals surface area contributed by atoms with Crippen LogP contribution >= 0.6 is 0 Å². The van der Waals surface area contributed by atoms with E-state index < -0.39 is 0 Å². The molecule has 7 aliphatic rings. The first-order valence-corrected chi connectivity index (χ1v) is 45.4. The summed E-state index contributed by atoms with van der Waals surface area (Å²) in [5.74, 6) is 5.16. The second-order valence-electron chi connectivity index (χ2n) is 35.2. The molecule has 550 valence electrons. The molecular weight excluding hydrogens is 1150 g/mol. The quantitative estimate of drug-likeness (QED) is 0.0543. The molecule has 1 aromatic carbocycles. The average molecular weight is 1320 g/mol. The van der Waals surface area contributed by atoms with Crippen molar-refractivity contribution in [1.29, 1.82) is 0 Å². The zero-order chi connectivity index (χ0) is 65.8. The number of hydrogen-bond donors (Lipinski definition) is 0. The molecule has 7 fully saturated rings. The van der Waals surface area contributed by atoms with Crippen LogP contribution < -0.4 is 0 Å². The standard InChI is InChI=1S/C92H167N2O/c1-3-5-7-8-25-47-70-88(71-56-78-95-79-57-77-93(76-6-4-2)81-83-60-41-38-42-61-83)92(86-66-48-30-15-16-31-49-67-86,87-68-50-32-17-18-33-51-69-87)94(89-72-52-34-19-20-35-53-73-89,90-74-54-36-21-22-37-55-75-90)91(84-62-43-26-11-12-27-44-63-84,85-64-45-28-13-14-29-46-65-85)80-82-58-39-23-9-10-24-40-59-82/h38,41-42,60-61,82,84-90H,3-37,39-40,43-59,62-81H2,1-2H3/q+1. The molecule has 1 atom stereocenters. The minimum atomic E-state index is 0.294. The summed E-state index contributed by atoms with van der Waals surface area (Å²) in [7, 11) is 0. The first-order valence-electron chi connectivity index (χ1n) is 45.4. The highest BCUT2D eigenvalue weighted by Crippen LogP contribution is 2.68. The van der Waals surface area contributed by atoms with Crippen molar-refractivity contribution in [3.05, 3.63) is 35.9 Å². The Morgan fingerprint density at radius 1 is 0.347 bits per heavy atom. The van der Waals surface area contributed by atoms with Crippen LogP contribution in [-0.4, -0.2) is 58.8 Å². The van der Waals surface area contributed by atoms with Crippen LogP contribution in [0.2, 0.25) is 0 Å². The number of ether oxygens (including phenoxy) is 1. The van der Waals surface area contributed by atoms with Crippen LogP contribution in [0, 0.1) is 35.5 Å². The maximum atomic E-state index is 7.31. The summed E-state index contributed by atoms with van der Waals surface area (Å²) in [6, 6.07) is 13.1. The van der Waals surface area contributed by atoms with Gasteiger partial charge in [0.05, 0.1) is 12.1 Å². The van der Waals surface area contributed by atoms with Crippen LogP contribution in [0.5, 0.6) is 0 Å². The van der Waals surface area contributed by atoms with Gasteiger partial charge in [0.15, 0.2) is 0 Å². The predicted octanol–water partition coefficient (Wildman–Crippen LogP) is 29.3. The van der Waals surface area contributed by atoms with Crippen molar-refractivity contribution in [2.75, 3.05) is 26.3 Å². The molecule has 7 aliphatic carbocycles. The van der Waals surface area contributed by atoms with Crippen LogP contribution in [0.1, 0.15) is 462 Å². The lowest BCUT2D eigenvalue weighted by Crippen LogP contribution is -2.89. The SMILES string of the molecule is CCCCCCCCC(CCCOCCCN(CCCC)Cc1ccccc1)C(C1CCCCCCCC1)(C1CCCCCCCC1)[N+](C1CCCCCCCC1)(C1CCCCCCCC1)C(CC1CCCCCCCC1)(C1CCCCCCCC1)C1CCCCCCCC1. The molecule has 7 saturated carbocycles. The smallest absolute Gasteiger partial charge is 0.109 e. The zero-order valence-corrected chi connectivity index (χ0v) is 64.6. The number of quaternary nitrogens is 1. The Labute approximate surface area is 595 Å². The molecule has 0 aliphatic heterocycles. The molecule has 0 aromatic heterocycles. The summed E-state index contributed by atoms with van der Waals surface area (Å²) in [5, 5.41) is 0. The Morgan fingerprint density at radius 3 is 1.08 bits per heavy atom. The molecule has 0 saturated heterocycles. The Kier molecular flexibility index (Phi) is 41.1. The predicted molar refractivity (Wildman–Crippen MR) is 417 cm³/mol. The van der Waals surface area contributed by atoms with E-state index in [1.807, 2.05) is 0 Å². The highest BCUT2D eigenvalue weighted by atomic mass is 16.5. The Hall–Kier alpha value is -0.900. The summed E-state index contributed by atoms with van der Waals surface area (Å²) < 4.78 is 9.06. The van der Waals surface area contributed by atoms with E-state index in [0.717, 1.165) is 73.9 Å². The molecule has 0 spiro atoms. The molecular formula is C92H167N2O+. The number of nitrogens with zero attached hydrogens (tertiary/aromatic N) is 2. The molecule has 0 amide bonds. The number of hydrogen-bond acceptors (Lipinski definition) is 2. The highest BCUT2D eigenvalue weighted by Gasteiger charge is 2.76. The lowest BCUT2D eigenvalue weighted by Gasteiger charge is -2.77. The van der Waals surface area contributed by atoms with Gasteiger partial charge in [-0.05, 0) is 153 Å². The maximum absolute atomic E-state index is 7.31. The normalized spacial score (nSPS) is 23.6. The van der Waals surface area contributed by atoms with Crippen LogP contribution in [0.15, 0.2) is 30.3 Å². The third kappa shape index (κ3) is 25.2. The third-order valence-corrected chi connectivity index (χ3v) is 28.6. The molecule has 8 rings (SSSR count). The van der Waals surface area contributed by atoms with Gasteiger partial charge in [-0.1, -0.05) is 346 Å². The molecule has 95 heavy (non-hydrogen) atoms. The highest BCUT2D eigenvalue weighted by molar-refractivity contribution is 5.15. The summed E-state index contributed by atoms with van der Waals surface area (Å²) in [6.45, 7) is 10.2. The van der Waals surface area contributed by atoms with E-state index in [4.69, 9.17) is 4.74 Å². The van der Waals surface area contributed by atoms with Crippen molar-refractivity contribution < 1.29 is 9.22 Å². The number of benzene rings is 1. The minimum Gasteiger partial charge on any atom is -0.381 e. The Bertz CT molecular complexity index is 1820. The van der Waals surface area contributed by atoms with E-state index in [2.05, 4.69) is 49.1 Å². The fourth-order valence-electron chi connectivity index (χ4n) is 24.4. The topological polar surface area (TPSA) is 12.5 Å². The average Bonchev–Trinajstić information content (AvgIpc) is 0.887. The fourth-order valence-corrected chi connectivity index (χ4v) is 24.4. The molecule has 3 nitrogen and oxygen atoms in total. The van der Waals surface area contributed by atoms with Crippen LogP contribution in [0.4, 0.5) is 0 Å². The largest absolute Gasteiger partial charge is 0.381 e. The second-order valence-corrected chi connectivity index (χ2v) is 35.2.